The first-order valence-electron chi connectivity index (χ1n) is 16.7. The lowest BCUT2D eigenvalue weighted by molar-refractivity contribution is -0.384. The summed E-state index contributed by atoms with van der Waals surface area (Å²) in [4.78, 5) is 56.3. The average Bonchev–Trinajstić information content (AvgIpc) is 3.55. The van der Waals surface area contributed by atoms with Crippen molar-refractivity contribution >= 4 is 46.0 Å². The van der Waals surface area contributed by atoms with Gasteiger partial charge >= 0.3 is 5.97 Å². The van der Waals surface area contributed by atoms with Crippen LogP contribution in [0.25, 0.3) is 10.8 Å². The largest absolute Gasteiger partial charge is 0.467 e. The number of thioether (sulfide) groups is 1. The molecule has 50 heavy (non-hydrogen) atoms. The second-order valence-electron chi connectivity index (χ2n) is 12.4. The van der Waals surface area contributed by atoms with Crippen molar-refractivity contribution in [2.24, 2.45) is 5.92 Å². The first-order valence-corrected chi connectivity index (χ1v) is 18.1. The van der Waals surface area contributed by atoms with Gasteiger partial charge in [0.1, 0.15) is 6.04 Å². The number of imidazole rings is 1. The lowest BCUT2D eigenvalue weighted by atomic mass is 9.97. The zero-order valence-corrected chi connectivity index (χ0v) is 29.9. The SMILES string of the molecule is CC[C@H](C)[C@@H](CN(CC(=O)N[C@@H](CCSC)C(=O)OC)Cc1cccc2ccccc12)NC(=O)Cc1cn(Cc2ccc([N+](=O)[O-])cc2)cn1. The van der Waals surface area contributed by atoms with Crippen LogP contribution in [0.5, 0.6) is 0 Å². The number of nitro groups is 1. The fourth-order valence-corrected chi connectivity index (χ4v) is 6.27. The molecule has 0 bridgehead atoms. The normalized spacial score (nSPS) is 13.1. The van der Waals surface area contributed by atoms with Gasteiger partial charge in [0.2, 0.25) is 11.8 Å². The summed E-state index contributed by atoms with van der Waals surface area (Å²) in [6, 6.07) is 19.5. The zero-order valence-electron chi connectivity index (χ0n) is 29.0. The molecule has 13 heteroatoms. The van der Waals surface area contributed by atoms with Crippen LogP contribution in [0.4, 0.5) is 5.69 Å². The van der Waals surface area contributed by atoms with Crippen LogP contribution in [-0.4, -0.2) is 81.4 Å². The molecule has 1 aromatic heterocycles. The molecule has 266 valence electrons. The van der Waals surface area contributed by atoms with E-state index in [-0.39, 0.29) is 42.4 Å². The molecule has 2 amide bonds. The van der Waals surface area contributed by atoms with Crippen LogP contribution in [0.3, 0.4) is 0 Å². The molecule has 0 aliphatic rings. The molecule has 12 nitrogen and oxygen atoms in total. The Labute approximate surface area is 297 Å². The van der Waals surface area contributed by atoms with E-state index in [4.69, 9.17) is 4.74 Å². The van der Waals surface area contributed by atoms with Crippen LogP contribution in [0.2, 0.25) is 0 Å². The number of nitro benzene ring substituents is 1. The van der Waals surface area contributed by atoms with Crippen LogP contribution >= 0.6 is 11.8 Å². The number of amides is 2. The number of carbonyl (C=O) groups excluding carboxylic acids is 3. The summed E-state index contributed by atoms with van der Waals surface area (Å²) in [7, 11) is 1.32. The highest BCUT2D eigenvalue weighted by atomic mass is 32.2. The number of nitrogens with zero attached hydrogens (tertiary/aromatic N) is 4. The number of hydrogen-bond acceptors (Lipinski definition) is 9. The Balaban J connectivity index is 1.48. The Kier molecular flexibility index (Phi) is 14.4. The van der Waals surface area contributed by atoms with Crippen molar-refractivity contribution in [3.63, 3.8) is 0 Å². The molecule has 0 aliphatic carbocycles. The molecule has 4 aromatic rings. The molecule has 0 saturated carbocycles. The lowest BCUT2D eigenvalue weighted by Gasteiger charge is -2.31. The molecule has 0 radical (unpaired) electrons. The third-order valence-corrected chi connectivity index (χ3v) is 9.39. The predicted octanol–water partition coefficient (Wildman–Crippen LogP) is 4.98. The quantitative estimate of drug-likeness (QED) is 0.0784. The predicted molar refractivity (Wildman–Crippen MR) is 196 cm³/mol. The lowest BCUT2D eigenvalue weighted by Crippen LogP contribution is -2.51. The van der Waals surface area contributed by atoms with E-state index in [1.165, 1.54) is 19.2 Å². The van der Waals surface area contributed by atoms with Gasteiger partial charge < -0.3 is 19.9 Å². The standard InChI is InChI=1S/C37H46N6O6S/c1-5-26(2)34(40-35(44)19-30-22-42(25-38-30)20-27-13-15-31(16-14-27)43(47)48)23-41(21-29-11-8-10-28-9-6-7-12-32(28)29)24-36(45)39-33(17-18-50-4)37(46)49-3/h6-16,22,25-26,33-34H,5,17-21,23-24H2,1-4H3,(H,39,45)(H,40,44)/t26-,33-,34+/m0/s1. The molecule has 0 aliphatic heterocycles. The minimum absolute atomic E-state index is 0.0197. The Hall–Kier alpha value is -4.75. The first-order chi connectivity index (χ1) is 24.1. The number of benzene rings is 3. The molecule has 1 heterocycles. The van der Waals surface area contributed by atoms with E-state index in [0.717, 1.165) is 28.3 Å². The number of hydrogen-bond donors (Lipinski definition) is 2. The van der Waals surface area contributed by atoms with Gasteiger partial charge in [0.05, 0.1) is 37.0 Å². The van der Waals surface area contributed by atoms with Gasteiger partial charge in [-0.25, -0.2) is 9.78 Å². The number of fused-ring (bicyclic) bond motifs is 1. The minimum Gasteiger partial charge on any atom is -0.467 e. The summed E-state index contributed by atoms with van der Waals surface area (Å²) in [5, 5.41) is 19.2. The maximum absolute atomic E-state index is 13.5. The average molecular weight is 703 g/mol. The summed E-state index contributed by atoms with van der Waals surface area (Å²) >= 11 is 1.59. The van der Waals surface area contributed by atoms with Gasteiger partial charge in [0.25, 0.3) is 5.69 Å². The number of aromatic nitrogens is 2. The van der Waals surface area contributed by atoms with E-state index in [1.54, 1.807) is 36.4 Å². The molecule has 0 spiro atoms. The number of rotatable bonds is 19. The molecular formula is C37H46N6O6S. The summed E-state index contributed by atoms with van der Waals surface area (Å²) in [5.74, 6) is -0.172. The molecule has 0 fully saturated rings. The monoisotopic (exact) mass is 702 g/mol. The van der Waals surface area contributed by atoms with E-state index in [9.17, 15) is 24.5 Å². The van der Waals surface area contributed by atoms with E-state index < -0.39 is 16.9 Å². The summed E-state index contributed by atoms with van der Waals surface area (Å²) in [6.07, 6.45) is 6.71. The Bertz CT molecular complexity index is 1740. The highest BCUT2D eigenvalue weighted by molar-refractivity contribution is 7.98. The van der Waals surface area contributed by atoms with Gasteiger partial charge in [0.15, 0.2) is 0 Å². The summed E-state index contributed by atoms with van der Waals surface area (Å²) < 4.78 is 6.79. The van der Waals surface area contributed by atoms with Crippen LogP contribution in [0.1, 0.15) is 43.5 Å². The number of methoxy groups -OCH3 is 1. The fraction of sp³-hybridized carbons (Fsp3) is 0.405. The van der Waals surface area contributed by atoms with Crippen molar-refractivity contribution in [3.8, 4) is 0 Å². The van der Waals surface area contributed by atoms with Crippen molar-refractivity contribution in [1.29, 1.82) is 0 Å². The number of carbonyl (C=O) groups is 3. The number of nitrogens with one attached hydrogen (secondary N) is 2. The van der Waals surface area contributed by atoms with Crippen LogP contribution in [-0.2, 0) is 38.6 Å². The third-order valence-electron chi connectivity index (χ3n) is 8.75. The fourth-order valence-electron chi connectivity index (χ4n) is 5.80. The van der Waals surface area contributed by atoms with Gasteiger partial charge in [0, 0.05) is 44.0 Å². The van der Waals surface area contributed by atoms with Gasteiger partial charge in [-0.2, -0.15) is 11.8 Å². The Morgan fingerprint density at radius 2 is 1.78 bits per heavy atom. The second-order valence-corrected chi connectivity index (χ2v) is 13.4. The first kappa shape index (κ1) is 38.1. The second kappa shape index (κ2) is 18.9. The van der Waals surface area contributed by atoms with Crippen molar-refractivity contribution in [3.05, 3.63) is 106 Å². The van der Waals surface area contributed by atoms with Crippen LogP contribution in [0, 0.1) is 16.0 Å². The maximum atomic E-state index is 13.5. The highest BCUT2D eigenvalue weighted by Gasteiger charge is 2.26. The topological polar surface area (TPSA) is 149 Å². The molecule has 0 saturated heterocycles. The Morgan fingerprint density at radius 1 is 1.04 bits per heavy atom. The molecule has 3 atom stereocenters. The van der Waals surface area contributed by atoms with Crippen molar-refractivity contribution in [2.75, 3.05) is 32.2 Å². The van der Waals surface area contributed by atoms with Crippen molar-refractivity contribution in [1.82, 2.24) is 25.1 Å². The van der Waals surface area contributed by atoms with E-state index in [1.807, 2.05) is 40.0 Å². The van der Waals surface area contributed by atoms with Gasteiger partial charge in [-0.3, -0.25) is 24.6 Å². The van der Waals surface area contributed by atoms with Gasteiger partial charge in [-0.05, 0) is 46.2 Å². The van der Waals surface area contributed by atoms with Crippen LogP contribution in [0.15, 0.2) is 79.3 Å². The number of non-ortho nitro benzene ring substituents is 1. The Morgan fingerprint density at radius 3 is 2.48 bits per heavy atom. The summed E-state index contributed by atoms with van der Waals surface area (Å²) in [6.45, 7) is 5.49. The molecule has 0 unspecified atom stereocenters. The highest BCUT2D eigenvalue weighted by Crippen LogP contribution is 2.21. The van der Waals surface area contributed by atoms with E-state index in [0.29, 0.717) is 37.5 Å². The molecular weight excluding hydrogens is 657 g/mol. The smallest absolute Gasteiger partial charge is 0.328 e. The van der Waals surface area contributed by atoms with E-state index >= 15 is 0 Å². The van der Waals surface area contributed by atoms with Gasteiger partial charge in [-0.1, -0.05) is 74.9 Å². The van der Waals surface area contributed by atoms with Gasteiger partial charge in [-0.15, -0.1) is 0 Å². The summed E-state index contributed by atoms with van der Waals surface area (Å²) in [5.41, 5.74) is 2.55. The van der Waals surface area contributed by atoms with Crippen molar-refractivity contribution < 1.29 is 24.0 Å². The third kappa shape index (κ3) is 11.1. The van der Waals surface area contributed by atoms with E-state index in [2.05, 4.69) is 47.7 Å². The number of ether oxygens (including phenoxy) is 1. The van der Waals surface area contributed by atoms with Crippen LogP contribution < -0.4 is 10.6 Å². The van der Waals surface area contributed by atoms with Crippen molar-refractivity contribution in [2.45, 2.75) is 58.3 Å². The molecule has 4 rings (SSSR count). The number of esters is 1. The molecule has 3 aromatic carbocycles. The maximum Gasteiger partial charge on any atom is 0.328 e. The minimum atomic E-state index is -0.746. The zero-order chi connectivity index (χ0) is 36.0. The molecule has 2 N–H and O–H groups in total.